The molecule has 2 aromatic rings. The van der Waals surface area contributed by atoms with E-state index in [1.54, 1.807) is 25.3 Å². The average Bonchev–Trinajstić information content (AvgIpc) is 3.22. The molecule has 2 aromatic carbocycles. The van der Waals surface area contributed by atoms with Gasteiger partial charge in [-0.2, -0.15) is 0 Å². The Balaban J connectivity index is 0.00000300. The molecule has 0 aliphatic carbocycles. The number of hydrogen-bond acceptors (Lipinski definition) is 4. The third-order valence-electron chi connectivity index (χ3n) is 4.27. The fourth-order valence-electron chi connectivity index (χ4n) is 2.86. The Bertz CT molecular complexity index is 873. The van der Waals surface area contributed by atoms with Crippen molar-refractivity contribution in [3.8, 4) is 5.75 Å². The Morgan fingerprint density at radius 2 is 2.07 bits per heavy atom. The Hall–Kier alpha value is -2.04. The van der Waals surface area contributed by atoms with Crippen LogP contribution in [0.4, 0.5) is 11.4 Å². The molecule has 1 heterocycles. The zero-order chi connectivity index (χ0) is 19.9. The van der Waals surface area contributed by atoms with Gasteiger partial charge in [0.15, 0.2) is 5.96 Å². The van der Waals surface area contributed by atoms with Gasteiger partial charge in [-0.15, -0.1) is 24.0 Å². The minimum absolute atomic E-state index is 0. The van der Waals surface area contributed by atoms with E-state index in [-0.39, 0.29) is 41.9 Å². The average molecular weight is 531 g/mol. The Kier molecular flexibility index (Phi) is 8.99. The summed E-state index contributed by atoms with van der Waals surface area (Å²) < 4.78 is 10.5. The summed E-state index contributed by atoms with van der Waals surface area (Å²) >= 11 is 6.10. The Labute approximate surface area is 192 Å². The number of hydrogen-bond donors (Lipinski definition) is 3. The summed E-state index contributed by atoms with van der Waals surface area (Å²) in [7, 11) is 1.56. The molecule has 9 heteroatoms. The molecule has 1 amide bonds. The first-order valence-electron chi connectivity index (χ1n) is 8.97. The number of carbonyl (C=O) groups is 1. The van der Waals surface area contributed by atoms with Crippen molar-refractivity contribution in [1.82, 2.24) is 0 Å². The van der Waals surface area contributed by atoms with Gasteiger partial charge in [-0.25, -0.2) is 4.99 Å². The van der Waals surface area contributed by atoms with Gasteiger partial charge >= 0.3 is 0 Å². The second-order valence-electron chi connectivity index (χ2n) is 6.37. The molecule has 4 N–H and O–H groups in total. The van der Waals surface area contributed by atoms with Crippen LogP contribution in [0.15, 0.2) is 47.5 Å². The molecule has 0 radical (unpaired) electrons. The maximum atomic E-state index is 12.2. The molecule has 1 aliphatic rings. The lowest BCUT2D eigenvalue weighted by Crippen LogP contribution is -2.26. The van der Waals surface area contributed by atoms with E-state index < -0.39 is 0 Å². The van der Waals surface area contributed by atoms with Crippen LogP contribution in [-0.4, -0.2) is 31.7 Å². The van der Waals surface area contributed by atoms with Crippen molar-refractivity contribution in [3.63, 3.8) is 0 Å². The monoisotopic (exact) mass is 530 g/mol. The summed E-state index contributed by atoms with van der Waals surface area (Å²) in [6.45, 7) is 1.00. The zero-order valence-corrected chi connectivity index (χ0v) is 19.1. The van der Waals surface area contributed by atoms with Crippen LogP contribution in [-0.2, 0) is 16.1 Å². The number of nitrogens with zero attached hydrogens (tertiary/aromatic N) is 1. The van der Waals surface area contributed by atoms with Crippen LogP contribution in [0.3, 0.4) is 0 Å². The first-order chi connectivity index (χ1) is 13.5. The number of methoxy groups -OCH3 is 1. The number of rotatable bonds is 6. The third kappa shape index (κ3) is 6.76. The fourth-order valence-corrected chi connectivity index (χ4v) is 3.12. The van der Waals surface area contributed by atoms with Crippen LogP contribution in [0.25, 0.3) is 0 Å². The van der Waals surface area contributed by atoms with Crippen molar-refractivity contribution in [2.45, 2.75) is 25.5 Å². The summed E-state index contributed by atoms with van der Waals surface area (Å²) in [5.41, 5.74) is 8.30. The molecule has 7 nitrogen and oxygen atoms in total. The molecule has 0 aromatic heterocycles. The van der Waals surface area contributed by atoms with Gasteiger partial charge < -0.3 is 25.8 Å². The number of nitrogens with two attached hydrogens (primary N) is 1. The molecule has 0 bridgehead atoms. The highest BCUT2D eigenvalue weighted by molar-refractivity contribution is 14.0. The van der Waals surface area contributed by atoms with Crippen molar-refractivity contribution in [2.75, 3.05) is 24.4 Å². The SMILES string of the molecule is COc1ccc(NC(N)=NCc2cccc(NC(=O)C3CCCO3)c2)cc1Cl.I. The van der Waals surface area contributed by atoms with E-state index in [4.69, 9.17) is 26.8 Å². The van der Waals surface area contributed by atoms with E-state index in [0.29, 0.717) is 35.3 Å². The highest BCUT2D eigenvalue weighted by Gasteiger charge is 2.23. The number of anilines is 2. The third-order valence-corrected chi connectivity index (χ3v) is 4.57. The summed E-state index contributed by atoms with van der Waals surface area (Å²) in [5.74, 6) is 0.732. The molecule has 1 unspecified atom stereocenters. The first kappa shape index (κ1) is 23.2. The molecule has 29 heavy (non-hydrogen) atoms. The minimum Gasteiger partial charge on any atom is -0.495 e. The van der Waals surface area contributed by atoms with Crippen LogP contribution in [0.1, 0.15) is 18.4 Å². The predicted molar refractivity (Wildman–Crippen MR) is 126 cm³/mol. The molecule has 1 saturated heterocycles. The van der Waals surface area contributed by atoms with Gasteiger partial charge in [0.25, 0.3) is 5.91 Å². The first-order valence-corrected chi connectivity index (χ1v) is 9.35. The van der Waals surface area contributed by atoms with Crippen LogP contribution >= 0.6 is 35.6 Å². The molecule has 1 atom stereocenters. The van der Waals surface area contributed by atoms with Gasteiger partial charge in [-0.05, 0) is 48.7 Å². The van der Waals surface area contributed by atoms with E-state index in [2.05, 4.69) is 15.6 Å². The summed E-state index contributed by atoms with van der Waals surface area (Å²) in [4.78, 5) is 16.5. The van der Waals surface area contributed by atoms with Crippen molar-refractivity contribution in [2.24, 2.45) is 10.7 Å². The van der Waals surface area contributed by atoms with Crippen LogP contribution in [0, 0.1) is 0 Å². The largest absolute Gasteiger partial charge is 0.495 e. The minimum atomic E-state index is -0.363. The normalized spacial score (nSPS) is 16.1. The molecule has 156 valence electrons. The van der Waals surface area contributed by atoms with E-state index in [9.17, 15) is 4.79 Å². The van der Waals surface area contributed by atoms with E-state index in [1.165, 1.54) is 0 Å². The lowest BCUT2D eigenvalue weighted by molar-refractivity contribution is -0.124. The Morgan fingerprint density at radius 1 is 1.28 bits per heavy atom. The number of nitrogens with one attached hydrogen (secondary N) is 2. The van der Waals surface area contributed by atoms with Gasteiger partial charge in [0.2, 0.25) is 0 Å². The number of benzene rings is 2. The number of halogens is 2. The lowest BCUT2D eigenvalue weighted by atomic mass is 10.2. The van der Waals surface area contributed by atoms with Crippen LogP contribution in [0.2, 0.25) is 5.02 Å². The van der Waals surface area contributed by atoms with Gasteiger partial charge in [-0.3, -0.25) is 4.79 Å². The number of ether oxygens (including phenoxy) is 2. The molecule has 3 rings (SSSR count). The molecule has 1 fully saturated rings. The summed E-state index contributed by atoms with van der Waals surface area (Å²) in [6.07, 6.45) is 1.31. The number of carbonyl (C=O) groups excluding carboxylic acids is 1. The van der Waals surface area contributed by atoms with Crippen molar-refractivity contribution in [3.05, 3.63) is 53.1 Å². The van der Waals surface area contributed by atoms with E-state index in [0.717, 1.165) is 18.4 Å². The van der Waals surface area contributed by atoms with Gasteiger partial charge in [0, 0.05) is 18.0 Å². The number of aliphatic imine (C=N–C) groups is 1. The molecule has 1 aliphatic heterocycles. The van der Waals surface area contributed by atoms with Crippen LogP contribution in [0.5, 0.6) is 5.75 Å². The topological polar surface area (TPSA) is 98.0 Å². The van der Waals surface area contributed by atoms with Gasteiger partial charge in [0.05, 0.1) is 18.7 Å². The summed E-state index contributed by atoms with van der Waals surface area (Å²) in [6, 6.07) is 12.7. The Morgan fingerprint density at radius 3 is 2.76 bits per heavy atom. The molecular weight excluding hydrogens is 507 g/mol. The standard InChI is InChI=1S/C20H23ClN4O3.HI/c1-27-17-8-7-15(11-16(17)21)25-20(22)23-12-13-4-2-5-14(10-13)24-19(26)18-6-3-9-28-18;/h2,4-5,7-8,10-11,18H,3,6,9,12H2,1H3,(H,24,26)(H3,22,23,25);1H. The zero-order valence-electron chi connectivity index (χ0n) is 16.0. The van der Waals surface area contributed by atoms with Crippen molar-refractivity contribution >= 4 is 58.8 Å². The smallest absolute Gasteiger partial charge is 0.253 e. The van der Waals surface area contributed by atoms with Crippen LogP contribution < -0.4 is 21.1 Å². The summed E-state index contributed by atoms with van der Waals surface area (Å²) in [5, 5.41) is 6.35. The second kappa shape index (κ2) is 11.2. The maximum Gasteiger partial charge on any atom is 0.253 e. The number of guanidine groups is 1. The van der Waals surface area contributed by atoms with Crippen molar-refractivity contribution < 1.29 is 14.3 Å². The van der Waals surface area contributed by atoms with Gasteiger partial charge in [0.1, 0.15) is 11.9 Å². The lowest BCUT2D eigenvalue weighted by Gasteiger charge is -2.11. The number of amides is 1. The quantitative estimate of drug-likeness (QED) is 0.298. The van der Waals surface area contributed by atoms with Gasteiger partial charge in [-0.1, -0.05) is 23.7 Å². The van der Waals surface area contributed by atoms with E-state index >= 15 is 0 Å². The second-order valence-corrected chi connectivity index (χ2v) is 6.77. The highest BCUT2D eigenvalue weighted by atomic mass is 127. The predicted octanol–water partition coefficient (Wildman–Crippen LogP) is 4.01. The molecule has 0 spiro atoms. The fraction of sp³-hybridized carbons (Fsp3) is 0.300. The maximum absolute atomic E-state index is 12.2. The molecular formula is C20H24ClIN4O3. The van der Waals surface area contributed by atoms with E-state index in [1.807, 2.05) is 24.3 Å². The molecule has 0 saturated carbocycles. The highest BCUT2D eigenvalue weighted by Crippen LogP contribution is 2.27. The van der Waals surface area contributed by atoms with Crippen molar-refractivity contribution in [1.29, 1.82) is 0 Å².